The Morgan fingerprint density at radius 2 is 1.85 bits per heavy atom. The Morgan fingerprint density at radius 1 is 1.15 bits per heavy atom. The summed E-state index contributed by atoms with van der Waals surface area (Å²) in [5, 5.41) is 11.4. The summed E-state index contributed by atoms with van der Waals surface area (Å²) >= 11 is 0. The molecule has 0 heterocycles. The van der Waals surface area contributed by atoms with Crippen LogP contribution in [-0.2, 0) is 17.5 Å². The Morgan fingerprint density at radius 3 is 2.42 bits per heavy atom. The highest BCUT2D eigenvalue weighted by Gasteiger charge is 2.29. The highest BCUT2D eigenvalue weighted by Crippen LogP contribution is 2.29. The monoisotopic (exact) mass is 364 g/mol. The molecule has 0 saturated heterocycles. The van der Waals surface area contributed by atoms with Crippen LogP contribution in [0.25, 0.3) is 0 Å². The number of ether oxygens (including phenoxy) is 2. The van der Waals surface area contributed by atoms with Crippen molar-refractivity contribution in [2.75, 3.05) is 13.7 Å². The van der Waals surface area contributed by atoms with Gasteiger partial charge in [0.2, 0.25) is 0 Å². The van der Waals surface area contributed by atoms with E-state index in [1.807, 2.05) is 6.07 Å². The molecule has 0 radical (unpaired) electrons. The van der Waals surface area contributed by atoms with Crippen molar-refractivity contribution in [3.63, 3.8) is 0 Å². The fraction of sp³-hybridized carbons (Fsp3) is 0.222. The molecular weight excluding hydrogens is 349 g/mol. The van der Waals surface area contributed by atoms with Crippen LogP contribution in [-0.4, -0.2) is 19.6 Å². The normalized spacial score (nSPS) is 10.7. The minimum atomic E-state index is -4.39. The quantitative estimate of drug-likeness (QED) is 0.854. The number of hydrogen-bond donors (Lipinski definition) is 1. The summed E-state index contributed by atoms with van der Waals surface area (Å²) in [4.78, 5) is 11.8. The lowest BCUT2D eigenvalue weighted by molar-refractivity contribution is -0.137. The molecule has 0 aliphatic heterocycles. The number of hydrogen-bond acceptors (Lipinski definition) is 4. The molecule has 26 heavy (non-hydrogen) atoms. The van der Waals surface area contributed by atoms with E-state index in [0.29, 0.717) is 22.6 Å². The molecule has 0 saturated carbocycles. The van der Waals surface area contributed by atoms with Gasteiger partial charge in [-0.05, 0) is 29.8 Å². The van der Waals surface area contributed by atoms with Gasteiger partial charge in [-0.25, -0.2) is 0 Å². The molecule has 8 heteroatoms. The lowest BCUT2D eigenvalue weighted by Crippen LogP contribution is -2.28. The minimum Gasteiger partial charge on any atom is -0.493 e. The lowest BCUT2D eigenvalue weighted by Gasteiger charge is -2.11. The molecule has 1 amide bonds. The highest BCUT2D eigenvalue weighted by molar-refractivity contribution is 5.77. The second kappa shape index (κ2) is 8.25. The summed E-state index contributed by atoms with van der Waals surface area (Å²) in [5.74, 6) is 0.173. The summed E-state index contributed by atoms with van der Waals surface area (Å²) in [6.45, 7) is -0.228. The van der Waals surface area contributed by atoms with Crippen LogP contribution in [0.15, 0.2) is 42.5 Å². The molecule has 2 aromatic carbocycles. The molecule has 0 bridgehead atoms. The van der Waals surface area contributed by atoms with Crippen LogP contribution in [0.1, 0.15) is 16.7 Å². The predicted octanol–water partition coefficient (Wildman–Crippen LogP) is 3.28. The number of alkyl halides is 3. The van der Waals surface area contributed by atoms with Crippen LogP contribution in [0.4, 0.5) is 13.2 Å². The van der Waals surface area contributed by atoms with Crippen LogP contribution in [0.3, 0.4) is 0 Å². The van der Waals surface area contributed by atoms with Crippen molar-refractivity contribution >= 4 is 5.91 Å². The van der Waals surface area contributed by atoms with Gasteiger partial charge in [0.1, 0.15) is 0 Å². The Balaban J connectivity index is 1.87. The number of methoxy groups -OCH3 is 1. The maximum absolute atomic E-state index is 12.5. The summed E-state index contributed by atoms with van der Waals surface area (Å²) in [6, 6.07) is 11.0. The molecule has 0 aliphatic carbocycles. The maximum Gasteiger partial charge on any atom is 0.416 e. The van der Waals surface area contributed by atoms with Gasteiger partial charge in [-0.15, -0.1) is 0 Å². The number of nitrogens with zero attached hydrogens (tertiary/aromatic N) is 1. The third kappa shape index (κ3) is 5.14. The average Bonchev–Trinajstić information content (AvgIpc) is 2.64. The molecule has 0 unspecified atom stereocenters. The van der Waals surface area contributed by atoms with Crippen molar-refractivity contribution in [2.24, 2.45) is 0 Å². The van der Waals surface area contributed by atoms with Crippen molar-refractivity contribution in [3.05, 3.63) is 59.2 Å². The summed E-state index contributed by atoms with van der Waals surface area (Å²) < 4.78 is 47.9. The van der Waals surface area contributed by atoms with Gasteiger partial charge in [-0.2, -0.15) is 18.4 Å². The molecule has 1 N–H and O–H groups in total. The molecule has 0 aromatic heterocycles. The van der Waals surface area contributed by atoms with Crippen molar-refractivity contribution < 1.29 is 27.4 Å². The van der Waals surface area contributed by atoms with Gasteiger partial charge in [-0.3, -0.25) is 4.79 Å². The lowest BCUT2D eigenvalue weighted by atomic mass is 10.1. The molecule has 2 rings (SSSR count). The van der Waals surface area contributed by atoms with E-state index in [1.54, 1.807) is 0 Å². The van der Waals surface area contributed by atoms with Gasteiger partial charge < -0.3 is 14.8 Å². The smallest absolute Gasteiger partial charge is 0.416 e. The van der Waals surface area contributed by atoms with Gasteiger partial charge in [0.15, 0.2) is 18.1 Å². The van der Waals surface area contributed by atoms with Crippen LogP contribution in [0.5, 0.6) is 11.5 Å². The second-order valence-electron chi connectivity index (χ2n) is 5.24. The molecule has 0 spiro atoms. The van der Waals surface area contributed by atoms with Gasteiger partial charge in [0, 0.05) is 12.6 Å². The molecule has 136 valence electrons. The van der Waals surface area contributed by atoms with E-state index < -0.39 is 17.6 Å². The van der Waals surface area contributed by atoms with E-state index in [4.69, 9.17) is 14.7 Å². The van der Waals surface area contributed by atoms with Crippen molar-refractivity contribution in [1.29, 1.82) is 5.26 Å². The van der Waals surface area contributed by atoms with Crippen molar-refractivity contribution in [2.45, 2.75) is 12.7 Å². The van der Waals surface area contributed by atoms with Crippen LogP contribution >= 0.6 is 0 Å². The molecule has 0 fully saturated rings. The van der Waals surface area contributed by atoms with Gasteiger partial charge >= 0.3 is 6.18 Å². The third-order valence-electron chi connectivity index (χ3n) is 3.42. The van der Waals surface area contributed by atoms with Gasteiger partial charge in [0.25, 0.3) is 5.91 Å². The number of amides is 1. The van der Waals surface area contributed by atoms with Gasteiger partial charge in [-0.1, -0.05) is 12.1 Å². The Kier molecular flexibility index (Phi) is 6.07. The SMILES string of the molecule is COc1cc(C#N)ccc1OCC(=O)NCc1ccc(C(F)(F)F)cc1. The molecule has 5 nitrogen and oxygen atoms in total. The largest absolute Gasteiger partial charge is 0.493 e. The second-order valence-corrected chi connectivity index (χ2v) is 5.24. The third-order valence-corrected chi connectivity index (χ3v) is 3.42. The molecule has 0 atom stereocenters. The predicted molar refractivity (Wildman–Crippen MR) is 86.5 cm³/mol. The summed E-state index contributed by atoms with van der Waals surface area (Å²) in [7, 11) is 1.41. The number of benzene rings is 2. The number of nitrogens with one attached hydrogen (secondary N) is 1. The Hall–Kier alpha value is -3.21. The average molecular weight is 364 g/mol. The van der Waals surface area contributed by atoms with Gasteiger partial charge in [0.05, 0.1) is 24.3 Å². The Bertz CT molecular complexity index is 812. The fourth-order valence-corrected chi connectivity index (χ4v) is 2.06. The first-order valence-electron chi connectivity index (χ1n) is 7.47. The number of halogens is 3. The minimum absolute atomic E-state index is 0.0742. The first-order chi connectivity index (χ1) is 12.3. The van der Waals surface area contributed by atoms with Crippen molar-refractivity contribution in [1.82, 2.24) is 5.32 Å². The van der Waals surface area contributed by atoms with E-state index in [-0.39, 0.29) is 13.2 Å². The van der Waals surface area contributed by atoms with Crippen LogP contribution in [0.2, 0.25) is 0 Å². The van der Waals surface area contributed by atoms with E-state index >= 15 is 0 Å². The zero-order valence-corrected chi connectivity index (χ0v) is 13.8. The zero-order chi connectivity index (χ0) is 19.2. The highest BCUT2D eigenvalue weighted by atomic mass is 19.4. The number of rotatable bonds is 6. The number of carbonyl (C=O) groups excluding carboxylic acids is 1. The topological polar surface area (TPSA) is 71.3 Å². The van der Waals surface area contributed by atoms with Crippen LogP contribution in [0, 0.1) is 11.3 Å². The first kappa shape index (κ1) is 19.1. The first-order valence-corrected chi connectivity index (χ1v) is 7.47. The van der Waals surface area contributed by atoms with Crippen LogP contribution < -0.4 is 14.8 Å². The molecule has 2 aromatic rings. The Labute approximate surface area is 148 Å². The van der Waals surface area contributed by atoms with Crippen molar-refractivity contribution in [3.8, 4) is 17.6 Å². The molecule has 0 aliphatic rings. The van der Waals surface area contributed by atoms with E-state index in [0.717, 1.165) is 12.1 Å². The van der Waals surface area contributed by atoms with E-state index in [2.05, 4.69) is 5.32 Å². The molecular formula is C18H15F3N2O3. The fourth-order valence-electron chi connectivity index (χ4n) is 2.06. The standard InChI is InChI=1S/C18H15F3N2O3/c1-25-16-8-13(9-22)4-7-15(16)26-11-17(24)23-10-12-2-5-14(6-3-12)18(19,20)21/h2-8H,10-11H2,1H3,(H,23,24). The number of nitriles is 1. The van der Waals surface area contributed by atoms with E-state index in [9.17, 15) is 18.0 Å². The van der Waals surface area contributed by atoms with E-state index in [1.165, 1.54) is 37.4 Å². The summed E-state index contributed by atoms with van der Waals surface area (Å²) in [6.07, 6.45) is -4.39. The zero-order valence-electron chi connectivity index (χ0n) is 13.8. The number of carbonyl (C=O) groups is 1. The maximum atomic E-state index is 12.5. The summed E-state index contributed by atoms with van der Waals surface area (Å²) in [5.41, 5.74) is 0.173.